The second kappa shape index (κ2) is 8.98. The van der Waals surface area contributed by atoms with E-state index in [1.807, 2.05) is 37.6 Å². The molecule has 1 aromatic carbocycles. The van der Waals surface area contributed by atoms with Gasteiger partial charge in [0.2, 0.25) is 0 Å². The molecule has 4 aromatic rings. The number of halogens is 2. The van der Waals surface area contributed by atoms with Crippen molar-refractivity contribution in [3.8, 4) is 0 Å². The Morgan fingerprint density at radius 1 is 1.03 bits per heavy atom. The predicted molar refractivity (Wildman–Crippen MR) is 133 cm³/mol. The molecule has 5 heterocycles. The zero-order valence-corrected chi connectivity index (χ0v) is 19.9. The average molecular weight is 489 g/mol. The monoisotopic (exact) mass is 488 g/mol. The second-order valence-corrected chi connectivity index (χ2v) is 9.62. The third-order valence-electron chi connectivity index (χ3n) is 6.86. The first kappa shape index (κ1) is 22.6. The number of fused-ring (bicyclic) bond motifs is 1. The molecule has 36 heavy (non-hydrogen) atoms. The van der Waals surface area contributed by atoms with E-state index in [2.05, 4.69) is 47.7 Å². The number of imidazole rings is 1. The van der Waals surface area contributed by atoms with Crippen molar-refractivity contribution in [2.24, 2.45) is 10.6 Å². The number of rotatable bonds is 7. The largest absolute Gasteiger partial charge is 0.396 e. The maximum Gasteiger partial charge on any atom is 0.159 e. The predicted octanol–water partition coefficient (Wildman–Crippen LogP) is 4.12. The third kappa shape index (κ3) is 4.19. The van der Waals surface area contributed by atoms with Gasteiger partial charge in [-0.15, -0.1) is 0 Å². The van der Waals surface area contributed by atoms with E-state index in [4.69, 9.17) is 4.84 Å². The van der Waals surface area contributed by atoms with Crippen molar-refractivity contribution in [3.63, 3.8) is 0 Å². The summed E-state index contributed by atoms with van der Waals surface area (Å²) < 4.78 is 29.2. The van der Waals surface area contributed by atoms with E-state index in [1.54, 1.807) is 0 Å². The van der Waals surface area contributed by atoms with Crippen LogP contribution in [0.5, 0.6) is 0 Å². The van der Waals surface area contributed by atoms with Gasteiger partial charge in [0, 0.05) is 68.5 Å². The summed E-state index contributed by atoms with van der Waals surface area (Å²) in [5.74, 6) is -1.84. The Morgan fingerprint density at radius 3 is 2.64 bits per heavy atom. The molecule has 9 heteroatoms. The Morgan fingerprint density at radius 2 is 1.89 bits per heavy atom. The lowest BCUT2D eigenvalue weighted by atomic mass is 9.72. The molecular formula is C27H26F2N6O. The summed E-state index contributed by atoms with van der Waals surface area (Å²) in [4.78, 5) is 18.9. The van der Waals surface area contributed by atoms with Crippen LogP contribution in [-0.4, -0.2) is 57.8 Å². The van der Waals surface area contributed by atoms with E-state index in [-0.39, 0.29) is 0 Å². The number of oxime groups is 1. The van der Waals surface area contributed by atoms with Gasteiger partial charge in [0.25, 0.3) is 0 Å². The van der Waals surface area contributed by atoms with Crippen LogP contribution in [0.3, 0.4) is 0 Å². The van der Waals surface area contributed by atoms with Gasteiger partial charge < -0.3 is 14.1 Å². The molecule has 3 aromatic heterocycles. The highest BCUT2D eigenvalue weighted by molar-refractivity contribution is 6.11. The molecule has 2 aliphatic rings. The van der Waals surface area contributed by atoms with Crippen molar-refractivity contribution in [2.45, 2.75) is 13.5 Å². The van der Waals surface area contributed by atoms with Gasteiger partial charge in [-0.25, -0.2) is 13.8 Å². The molecule has 0 N–H and O–H groups in total. The Bertz CT molecular complexity index is 1420. The zero-order valence-electron chi connectivity index (χ0n) is 19.9. The van der Waals surface area contributed by atoms with Gasteiger partial charge in [-0.05, 0) is 48.9 Å². The van der Waals surface area contributed by atoms with Crippen molar-refractivity contribution in [1.29, 1.82) is 0 Å². The number of pyridine rings is 2. The van der Waals surface area contributed by atoms with E-state index in [0.29, 0.717) is 29.0 Å². The van der Waals surface area contributed by atoms with Crippen LogP contribution in [0.25, 0.3) is 5.65 Å². The minimum absolute atomic E-state index is 0.359. The fourth-order valence-electron chi connectivity index (χ4n) is 5.19. The highest BCUT2D eigenvalue weighted by Gasteiger charge is 2.51. The van der Waals surface area contributed by atoms with E-state index in [1.165, 1.54) is 11.8 Å². The third-order valence-corrected chi connectivity index (χ3v) is 6.86. The van der Waals surface area contributed by atoms with E-state index < -0.39 is 11.6 Å². The summed E-state index contributed by atoms with van der Waals surface area (Å²) in [6.07, 6.45) is 7.75. The van der Waals surface area contributed by atoms with Gasteiger partial charge >= 0.3 is 0 Å². The van der Waals surface area contributed by atoms with Crippen molar-refractivity contribution in [1.82, 2.24) is 19.3 Å². The molecule has 1 spiro atoms. The maximum absolute atomic E-state index is 13.8. The molecule has 0 bridgehead atoms. The molecular weight excluding hydrogens is 462 g/mol. The summed E-state index contributed by atoms with van der Waals surface area (Å²) in [7, 11) is 0. The lowest BCUT2D eigenvalue weighted by Crippen LogP contribution is -2.72. The number of anilines is 1. The highest BCUT2D eigenvalue weighted by Crippen LogP contribution is 2.42. The maximum atomic E-state index is 13.8. The zero-order chi connectivity index (χ0) is 24.7. The highest BCUT2D eigenvalue weighted by atomic mass is 19.2. The van der Waals surface area contributed by atoms with Gasteiger partial charge in [-0.1, -0.05) is 11.2 Å². The molecule has 0 amide bonds. The number of hydrogen-bond acceptors (Lipinski definition) is 6. The smallest absolute Gasteiger partial charge is 0.159 e. The summed E-state index contributed by atoms with van der Waals surface area (Å²) in [6.45, 7) is 7.23. The molecule has 0 aliphatic carbocycles. The van der Waals surface area contributed by atoms with Gasteiger partial charge in [0.1, 0.15) is 18.0 Å². The summed E-state index contributed by atoms with van der Waals surface area (Å²) in [6, 6.07) is 11.7. The van der Waals surface area contributed by atoms with Crippen LogP contribution in [0.1, 0.15) is 23.7 Å². The molecule has 184 valence electrons. The van der Waals surface area contributed by atoms with Crippen LogP contribution in [0.2, 0.25) is 0 Å². The van der Waals surface area contributed by atoms with E-state index in [9.17, 15) is 8.78 Å². The van der Waals surface area contributed by atoms with Crippen molar-refractivity contribution < 1.29 is 13.6 Å². The Hall–Kier alpha value is -3.85. The number of likely N-dealkylation sites (tertiary alicyclic amines) is 1. The molecule has 0 saturated carbocycles. The fraction of sp³-hybridized carbons (Fsp3) is 0.296. The van der Waals surface area contributed by atoms with Gasteiger partial charge in [-0.3, -0.25) is 9.88 Å². The van der Waals surface area contributed by atoms with Crippen LogP contribution < -0.4 is 4.90 Å². The lowest BCUT2D eigenvalue weighted by molar-refractivity contribution is -0.0274. The first-order chi connectivity index (χ1) is 17.5. The number of benzene rings is 1. The number of nitrogens with zero attached hydrogens (tertiary/aromatic N) is 6. The molecule has 2 fully saturated rings. The van der Waals surface area contributed by atoms with E-state index in [0.717, 1.165) is 56.1 Å². The summed E-state index contributed by atoms with van der Waals surface area (Å²) in [5.41, 5.74) is 4.97. The Balaban J connectivity index is 1.07. The minimum atomic E-state index is -0.933. The normalized spacial score (nSPS) is 17.3. The van der Waals surface area contributed by atoms with Crippen molar-refractivity contribution in [2.75, 3.05) is 37.7 Å². The van der Waals surface area contributed by atoms with Gasteiger partial charge in [0.05, 0.1) is 11.4 Å². The van der Waals surface area contributed by atoms with Crippen LogP contribution in [0.15, 0.2) is 72.4 Å². The van der Waals surface area contributed by atoms with Crippen LogP contribution in [-0.2, 0) is 11.4 Å². The van der Waals surface area contributed by atoms with Gasteiger partial charge in [0.15, 0.2) is 11.6 Å². The molecule has 7 nitrogen and oxygen atoms in total. The lowest BCUT2D eigenvalue weighted by Gasteiger charge is -2.61. The van der Waals surface area contributed by atoms with Crippen LogP contribution in [0.4, 0.5) is 14.5 Å². The number of aromatic nitrogens is 3. The van der Waals surface area contributed by atoms with Crippen LogP contribution in [0, 0.1) is 17.0 Å². The molecule has 0 radical (unpaired) electrons. The SMILES string of the molecule is CCON=C(c1ccc(F)c(F)c1)c1ccc(CN2CC3(C2)CN(c2ccc4nccn4c2)C3)cn1. The topological polar surface area (TPSA) is 58.3 Å². The van der Waals surface area contributed by atoms with Gasteiger partial charge in [-0.2, -0.15) is 0 Å². The standard InChI is InChI=1S/C27H26F2N6O/c1-2-36-32-26(20-4-6-22(28)23(29)11-20)24-7-3-19(12-31-24)13-33-15-27(16-33)17-35(18-27)21-5-8-25-30-9-10-34(25)14-21/h3-12,14H,2,13,15-18H2,1H3. The average Bonchev–Trinajstić information content (AvgIpc) is 3.31. The Kier molecular flexibility index (Phi) is 5.64. The summed E-state index contributed by atoms with van der Waals surface area (Å²) >= 11 is 0. The van der Waals surface area contributed by atoms with Crippen LogP contribution >= 0.6 is 0 Å². The first-order valence-corrected chi connectivity index (χ1v) is 12.0. The molecule has 6 rings (SSSR count). The summed E-state index contributed by atoms with van der Waals surface area (Å²) in [5, 5.41) is 4.10. The Labute approximate surface area is 207 Å². The number of hydrogen-bond donors (Lipinski definition) is 0. The van der Waals surface area contributed by atoms with Crippen molar-refractivity contribution >= 4 is 17.0 Å². The molecule has 2 aliphatic heterocycles. The first-order valence-electron chi connectivity index (χ1n) is 12.0. The molecule has 2 saturated heterocycles. The quantitative estimate of drug-likeness (QED) is 0.289. The second-order valence-electron chi connectivity index (χ2n) is 9.62. The molecule has 0 atom stereocenters. The fourth-order valence-corrected chi connectivity index (χ4v) is 5.19. The van der Waals surface area contributed by atoms with Crippen molar-refractivity contribution in [3.05, 3.63) is 95.7 Å². The van der Waals surface area contributed by atoms with E-state index >= 15 is 0 Å². The molecule has 0 unspecified atom stereocenters. The minimum Gasteiger partial charge on any atom is -0.396 e.